The molecule has 30 heavy (non-hydrogen) atoms. The Morgan fingerprint density at radius 1 is 1.20 bits per heavy atom. The summed E-state index contributed by atoms with van der Waals surface area (Å²) >= 11 is 7.09. The minimum absolute atomic E-state index is 0.304. The minimum Gasteiger partial charge on any atom is -0.337 e. The molecule has 0 spiro atoms. The van der Waals surface area contributed by atoms with Gasteiger partial charge >= 0.3 is 6.03 Å². The number of hydrogen-bond acceptors (Lipinski definition) is 6. The molecule has 10 heteroatoms. The van der Waals surface area contributed by atoms with E-state index in [1.165, 1.54) is 17.4 Å². The van der Waals surface area contributed by atoms with Crippen LogP contribution in [0.3, 0.4) is 0 Å². The van der Waals surface area contributed by atoms with Crippen LogP contribution in [0.5, 0.6) is 0 Å². The summed E-state index contributed by atoms with van der Waals surface area (Å²) in [7, 11) is 1.73. The normalized spacial score (nSPS) is 11.1. The van der Waals surface area contributed by atoms with Gasteiger partial charge < -0.3 is 15.1 Å². The van der Waals surface area contributed by atoms with Crippen molar-refractivity contribution in [2.75, 3.05) is 43.4 Å². The molecule has 2 heterocycles. The summed E-state index contributed by atoms with van der Waals surface area (Å²) < 4.78 is 14.2. The number of likely N-dealkylation sites (N-methyl/N-ethyl adjacent to an activating group) is 1. The van der Waals surface area contributed by atoms with Crippen molar-refractivity contribution in [3.63, 3.8) is 0 Å². The van der Waals surface area contributed by atoms with Gasteiger partial charge in [-0.3, -0.25) is 5.32 Å². The monoisotopic (exact) mass is 450 g/mol. The number of hydrogen-bond donors (Lipinski definition) is 2. The van der Waals surface area contributed by atoms with Crippen molar-refractivity contribution in [2.45, 2.75) is 13.8 Å². The average molecular weight is 451 g/mol. The first kappa shape index (κ1) is 22.2. The number of urea groups is 1. The fraction of sp³-hybridized carbons (Fsp3) is 0.350. The van der Waals surface area contributed by atoms with Crippen molar-refractivity contribution in [3.05, 3.63) is 41.2 Å². The molecule has 2 aromatic heterocycles. The number of carbonyl (C=O) groups excluding carboxylic acids is 1. The van der Waals surface area contributed by atoms with Gasteiger partial charge in [-0.1, -0.05) is 36.8 Å². The third-order valence-electron chi connectivity index (χ3n) is 4.68. The van der Waals surface area contributed by atoms with Gasteiger partial charge in [0.05, 0.1) is 5.69 Å². The topological polar surface area (TPSA) is 73.4 Å². The third-order valence-corrected chi connectivity index (χ3v) is 5.80. The first-order chi connectivity index (χ1) is 14.4. The van der Waals surface area contributed by atoms with Crippen molar-refractivity contribution in [3.8, 4) is 0 Å². The highest BCUT2D eigenvalue weighted by Gasteiger charge is 2.14. The molecule has 0 aliphatic heterocycles. The highest BCUT2D eigenvalue weighted by Crippen LogP contribution is 2.30. The summed E-state index contributed by atoms with van der Waals surface area (Å²) in [5, 5.41) is 6.37. The Kier molecular flexibility index (Phi) is 7.41. The number of pyridine rings is 1. The smallest absolute Gasteiger partial charge is 0.321 e. The van der Waals surface area contributed by atoms with Crippen LogP contribution in [-0.4, -0.2) is 54.1 Å². The SMILES string of the molecule is CCN(CC)CCNC(=O)Nc1nc2ccc(N(C)c3ccc(Cl)cc3F)nc2s1. The van der Waals surface area contributed by atoms with Gasteiger partial charge in [0.25, 0.3) is 0 Å². The van der Waals surface area contributed by atoms with E-state index < -0.39 is 5.82 Å². The number of amides is 2. The van der Waals surface area contributed by atoms with Gasteiger partial charge in [-0.15, -0.1) is 0 Å². The second-order valence-electron chi connectivity index (χ2n) is 6.58. The second-order valence-corrected chi connectivity index (χ2v) is 7.99. The molecule has 3 aromatic rings. The zero-order valence-corrected chi connectivity index (χ0v) is 18.6. The van der Waals surface area contributed by atoms with Gasteiger partial charge in [-0.2, -0.15) is 0 Å². The fourth-order valence-corrected chi connectivity index (χ4v) is 3.92. The summed E-state index contributed by atoms with van der Waals surface area (Å²) in [5.74, 6) is 0.127. The Morgan fingerprint density at radius 3 is 2.67 bits per heavy atom. The van der Waals surface area contributed by atoms with Crippen LogP contribution in [0.15, 0.2) is 30.3 Å². The number of benzene rings is 1. The molecule has 2 N–H and O–H groups in total. The van der Waals surface area contributed by atoms with Gasteiger partial charge in [-0.05, 0) is 43.4 Å². The van der Waals surface area contributed by atoms with Crippen LogP contribution in [0.4, 0.5) is 25.8 Å². The van der Waals surface area contributed by atoms with E-state index in [0.717, 1.165) is 19.6 Å². The van der Waals surface area contributed by atoms with E-state index in [1.807, 2.05) is 0 Å². The molecule has 0 fully saturated rings. The molecule has 7 nitrogen and oxygen atoms in total. The summed E-state index contributed by atoms with van der Waals surface area (Å²) in [5.41, 5.74) is 1.02. The van der Waals surface area contributed by atoms with Gasteiger partial charge in [0.1, 0.15) is 22.0 Å². The van der Waals surface area contributed by atoms with Crippen molar-refractivity contribution in [1.29, 1.82) is 0 Å². The molecular formula is C20H24ClFN6OS. The van der Waals surface area contributed by atoms with Crippen LogP contribution < -0.4 is 15.5 Å². The maximum atomic E-state index is 14.2. The third kappa shape index (κ3) is 5.35. The van der Waals surface area contributed by atoms with Gasteiger partial charge in [0.15, 0.2) is 5.13 Å². The highest BCUT2D eigenvalue weighted by molar-refractivity contribution is 7.22. The number of fused-ring (bicyclic) bond motifs is 1. The number of nitrogens with zero attached hydrogens (tertiary/aromatic N) is 4. The zero-order valence-electron chi connectivity index (χ0n) is 17.1. The number of aromatic nitrogens is 2. The number of thiazole rings is 1. The highest BCUT2D eigenvalue weighted by atomic mass is 35.5. The molecule has 0 atom stereocenters. The van der Waals surface area contributed by atoms with E-state index in [9.17, 15) is 9.18 Å². The number of carbonyl (C=O) groups is 1. The van der Waals surface area contributed by atoms with Crippen molar-refractivity contribution < 1.29 is 9.18 Å². The van der Waals surface area contributed by atoms with E-state index >= 15 is 0 Å². The first-order valence-electron chi connectivity index (χ1n) is 9.64. The summed E-state index contributed by atoms with van der Waals surface area (Å²) in [6, 6.07) is 7.74. The Balaban J connectivity index is 1.67. The van der Waals surface area contributed by atoms with E-state index in [0.29, 0.717) is 38.6 Å². The largest absolute Gasteiger partial charge is 0.337 e. The Morgan fingerprint density at radius 2 is 1.97 bits per heavy atom. The summed E-state index contributed by atoms with van der Waals surface area (Å²) in [4.78, 5) is 25.6. The van der Waals surface area contributed by atoms with E-state index in [-0.39, 0.29) is 6.03 Å². The molecule has 160 valence electrons. The Hall–Kier alpha value is -2.49. The van der Waals surface area contributed by atoms with Crippen molar-refractivity contribution >= 4 is 56.0 Å². The molecule has 3 rings (SSSR count). The summed E-state index contributed by atoms with van der Waals surface area (Å²) in [6.07, 6.45) is 0. The fourth-order valence-electron chi connectivity index (χ4n) is 2.93. The Labute approximate surface area is 183 Å². The lowest BCUT2D eigenvalue weighted by Crippen LogP contribution is -2.36. The maximum absolute atomic E-state index is 14.2. The standard InChI is InChI=1S/C20H24ClFN6OS/c1-4-28(5-2)11-10-23-19(29)26-20-24-15-7-9-17(25-18(15)30-20)27(3)16-8-6-13(21)12-14(16)22/h6-9,12H,4-5,10-11H2,1-3H3,(H2,23,24,26,29). The quantitative estimate of drug-likeness (QED) is 0.519. The van der Waals surface area contributed by atoms with E-state index in [1.54, 1.807) is 36.2 Å². The molecular weight excluding hydrogens is 427 g/mol. The van der Waals surface area contributed by atoms with Crippen LogP contribution in [0.2, 0.25) is 5.02 Å². The molecule has 0 saturated carbocycles. The minimum atomic E-state index is -0.431. The van der Waals surface area contributed by atoms with Crippen LogP contribution in [-0.2, 0) is 0 Å². The number of anilines is 3. The van der Waals surface area contributed by atoms with Crippen molar-refractivity contribution in [2.24, 2.45) is 0 Å². The van der Waals surface area contributed by atoms with Gasteiger partial charge in [-0.25, -0.2) is 19.2 Å². The Bertz CT molecular complexity index is 1030. The average Bonchev–Trinajstić information content (AvgIpc) is 3.12. The van der Waals surface area contributed by atoms with Crippen LogP contribution in [0.1, 0.15) is 13.8 Å². The number of rotatable bonds is 8. The molecule has 0 aliphatic rings. The second kappa shape index (κ2) is 10.0. The van der Waals surface area contributed by atoms with Crippen LogP contribution >= 0.6 is 22.9 Å². The zero-order chi connectivity index (χ0) is 21.7. The lowest BCUT2D eigenvalue weighted by atomic mass is 10.2. The molecule has 1 aromatic carbocycles. The number of halogens is 2. The lowest BCUT2D eigenvalue weighted by molar-refractivity contribution is 0.248. The first-order valence-corrected chi connectivity index (χ1v) is 10.8. The van der Waals surface area contributed by atoms with Gasteiger partial charge in [0, 0.05) is 25.2 Å². The predicted molar refractivity (Wildman–Crippen MR) is 122 cm³/mol. The van der Waals surface area contributed by atoms with Crippen LogP contribution in [0, 0.1) is 5.82 Å². The van der Waals surface area contributed by atoms with Crippen LogP contribution in [0.25, 0.3) is 10.3 Å². The molecule has 0 saturated heterocycles. The molecule has 0 radical (unpaired) electrons. The molecule has 2 amide bonds. The molecule has 0 unspecified atom stereocenters. The predicted octanol–water partition coefficient (Wildman–Crippen LogP) is 4.72. The lowest BCUT2D eigenvalue weighted by Gasteiger charge is -2.18. The molecule has 0 bridgehead atoms. The van der Waals surface area contributed by atoms with Crippen molar-refractivity contribution in [1.82, 2.24) is 20.2 Å². The van der Waals surface area contributed by atoms with E-state index in [4.69, 9.17) is 11.6 Å². The maximum Gasteiger partial charge on any atom is 0.321 e. The van der Waals surface area contributed by atoms with Gasteiger partial charge in [0.2, 0.25) is 0 Å². The molecule has 0 aliphatic carbocycles. The summed E-state index contributed by atoms with van der Waals surface area (Å²) in [6.45, 7) is 7.41. The number of nitrogens with one attached hydrogen (secondary N) is 2. The van der Waals surface area contributed by atoms with E-state index in [2.05, 4.69) is 39.3 Å².